The quantitative estimate of drug-likeness (QED) is 0.365. The molecule has 10 heteroatoms. The van der Waals surface area contributed by atoms with Crippen molar-refractivity contribution in [3.05, 3.63) is 38.8 Å². The van der Waals surface area contributed by atoms with Crippen molar-refractivity contribution in [3.63, 3.8) is 0 Å². The highest BCUT2D eigenvalue weighted by Gasteiger charge is 2.29. The normalized spacial score (nSPS) is 11.2. The topological polar surface area (TPSA) is 94.2 Å². The van der Waals surface area contributed by atoms with Crippen LogP contribution >= 0.6 is 34.8 Å². The summed E-state index contributed by atoms with van der Waals surface area (Å²) < 4.78 is -0.758. The number of alkyl halides is 3. The van der Waals surface area contributed by atoms with Crippen LogP contribution in [0.5, 0.6) is 0 Å². The molecular formula is C11H12Cl3N3O4. The third-order valence-electron chi connectivity index (χ3n) is 2.55. The molecule has 1 rings (SSSR count). The number of carbonyl (C=O) groups is 1. The molecule has 0 spiro atoms. The van der Waals surface area contributed by atoms with Crippen molar-refractivity contribution in [2.24, 2.45) is 0 Å². The minimum atomic E-state index is -2.00. The monoisotopic (exact) mass is 355 g/mol. The second-order valence-corrected chi connectivity index (χ2v) is 6.42. The van der Waals surface area contributed by atoms with Crippen LogP contribution in [0.25, 0.3) is 0 Å². The Morgan fingerprint density at radius 1 is 1.33 bits per heavy atom. The largest absolute Gasteiger partial charge is 0.352 e. The molecule has 0 aromatic carbocycles. The molecule has 0 aliphatic rings. The number of carbonyl (C=O) groups excluding carboxylic acids is 1. The lowest BCUT2D eigenvalue weighted by Gasteiger charge is -2.11. The van der Waals surface area contributed by atoms with E-state index in [4.69, 9.17) is 34.8 Å². The molecule has 116 valence electrons. The Morgan fingerprint density at radius 3 is 2.57 bits per heavy atom. The maximum Gasteiger partial charge on any atom is 0.285 e. The van der Waals surface area contributed by atoms with Gasteiger partial charge in [-0.2, -0.15) is 0 Å². The van der Waals surface area contributed by atoms with E-state index in [0.29, 0.717) is 19.4 Å². The van der Waals surface area contributed by atoms with E-state index < -0.39 is 14.6 Å². The van der Waals surface area contributed by atoms with Gasteiger partial charge in [0.05, 0.1) is 11.1 Å². The molecule has 7 nitrogen and oxygen atoms in total. The number of amides is 1. The smallest absolute Gasteiger partial charge is 0.285 e. The summed E-state index contributed by atoms with van der Waals surface area (Å²) in [5.74, 6) is -0.722. The molecular weight excluding hydrogens is 344 g/mol. The van der Waals surface area contributed by atoms with Gasteiger partial charge in [-0.3, -0.25) is 19.7 Å². The number of hydrogen-bond donors (Lipinski definition) is 1. The van der Waals surface area contributed by atoms with Gasteiger partial charge in [-0.1, -0.05) is 34.8 Å². The standard InChI is InChI=1S/C11H12Cl3N3O4/c12-11(13,14)10(19)15-5-1-2-6-16-7-8(17(20)21)3-4-9(16)18/h3-4,7H,1-2,5-6H2,(H,15,19). The number of nitro groups is 1. The molecule has 0 saturated heterocycles. The number of unbranched alkanes of at least 4 members (excludes halogenated alkanes) is 1. The highest BCUT2D eigenvalue weighted by atomic mass is 35.6. The third-order valence-corrected chi connectivity index (χ3v) is 3.06. The fourth-order valence-corrected chi connectivity index (χ4v) is 1.71. The van der Waals surface area contributed by atoms with Gasteiger partial charge in [-0.25, -0.2) is 0 Å². The highest BCUT2D eigenvalue weighted by molar-refractivity contribution is 6.76. The Kier molecular flexibility index (Phi) is 6.44. The summed E-state index contributed by atoms with van der Waals surface area (Å²) in [4.78, 5) is 32.8. The zero-order chi connectivity index (χ0) is 16.0. The van der Waals surface area contributed by atoms with Gasteiger partial charge in [0.1, 0.15) is 0 Å². The molecule has 0 atom stereocenters. The summed E-state index contributed by atoms with van der Waals surface area (Å²) in [6, 6.07) is 2.29. The van der Waals surface area contributed by atoms with Crippen LogP contribution in [0.2, 0.25) is 0 Å². The van der Waals surface area contributed by atoms with E-state index in [9.17, 15) is 19.7 Å². The van der Waals surface area contributed by atoms with Crippen molar-refractivity contribution in [2.75, 3.05) is 6.54 Å². The number of rotatable bonds is 6. The van der Waals surface area contributed by atoms with Gasteiger partial charge >= 0.3 is 0 Å². The Bertz CT molecular complexity index is 583. The van der Waals surface area contributed by atoms with Crippen molar-refractivity contribution in [3.8, 4) is 0 Å². The van der Waals surface area contributed by atoms with Crippen LogP contribution in [-0.4, -0.2) is 25.7 Å². The minimum absolute atomic E-state index is 0.154. The lowest BCUT2D eigenvalue weighted by molar-refractivity contribution is -0.385. The Hall–Kier alpha value is -1.31. The van der Waals surface area contributed by atoms with Gasteiger partial charge < -0.3 is 9.88 Å². The Morgan fingerprint density at radius 2 is 2.00 bits per heavy atom. The number of pyridine rings is 1. The van der Waals surface area contributed by atoms with Gasteiger partial charge in [-0.15, -0.1) is 0 Å². The molecule has 21 heavy (non-hydrogen) atoms. The molecule has 0 unspecified atom stereocenters. The molecule has 0 fully saturated rings. The fraction of sp³-hybridized carbons (Fsp3) is 0.455. The second-order valence-electron chi connectivity index (χ2n) is 4.14. The lowest BCUT2D eigenvalue weighted by atomic mass is 10.3. The summed E-state index contributed by atoms with van der Waals surface area (Å²) in [5, 5.41) is 13.0. The number of hydrogen-bond acceptors (Lipinski definition) is 4. The van der Waals surface area contributed by atoms with Crippen molar-refractivity contribution in [2.45, 2.75) is 23.2 Å². The summed E-state index contributed by atoms with van der Waals surface area (Å²) in [6.07, 6.45) is 2.24. The maximum atomic E-state index is 11.5. The third kappa shape index (κ3) is 5.91. The van der Waals surface area contributed by atoms with E-state index in [1.807, 2.05) is 0 Å². The minimum Gasteiger partial charge on any atom is -0.352 e. The van der Waals surface area contributed by atoms with Crippen LogP contribution in [0, 0.1) is 10.1 Å². The van der Waals surface area contributed by atoms with Crippen LogP contribution in [0.3, 0.4) is 0 Å². The molecule has 1 amide bonds. The van der Waals surface area contributed by atoms with E-state index in [2.05, 4.69) is 5.32 Å². The van der Waals surface area contributed by atoms with E-state index in [1.54, 1.807) is 0 Å². The SMILES string of the molecule is O=C(NCCCCn1cc([N+](=O)[O-])ccc1=O)C(Cl)(Cl)Cl. The Balaban J connectivity index is 2.43. The van der Waals surface area contributed by atoms with E-state index in [0.717, 1.165) is 12.1 Å². The van der Waals surface area contributed by atoms with Crippen LogP contribution in [-0.2, 0) is 11.3 Å². The number of aromatic nitrogens is 1. The lowest BCUT2D eigenvalue weighted by Crippen LogP contribution is -2.35. The zero-order valence-electron chi connectivity index (χ0n) is 10.7. The number of nitrogens with one attached hydrogen (secondary N) is 1. The predicted molar refractivity (Wildman–Crippen MR) is 79.9 cm³/mol. The average molecular weight is 357 g/mol. The molecule has 0 aliphatic heterocycles. The number of nitrogens with zero attached hydrogens (tertiary/aromatic N) is 2. The van der Waals surface area contributed by atoms with Crippen LogP contribution in [0.1, 0.15) is 12.8 Å². The average Bonchev–Trinajstić information content (AvgIpc) is 2.38. The molecule has 0 radical (unpaired) electrons. The second kappa shape index (κ2) is 7.63. The van der Waals surface area contributed by atoms with E-state index >= 15 is 0 Å². The van der Waals surface area contributed by atoms with Gasteiger partial charge in [0.25, 0.3) is 20.9 Å². The number of halogens is 3. The van der Waals surface area contributed by atoms with Gasteiger partial charge in [-0.05, 0) is 12.8 Å². The summed E-state index contributed by atoms with van der Waals surface area (Å²) in [5.41, 5.74) is -0.481. The van der Waals surface area contributed by atoms with Gasteiger partial charge in [0.2, 0.25) is 0 Å². The first-order valence-corrected chi connectivity index (χ1v) is 7.05. The van der Waals surface area contributed by atoms with Crippen LogP contribution in [0.15, 0.2) is 23.1 Å². The summed E-state index contributed by atoms with van der Waals surface area (Å²) >= 11 is 16.1. The van der Waals surface area contributed by atoms with E-state index in [1.165, 1.54) is 10.8 Å². The van der Waals surface area contributed by atoms with E-state index in [-0.39, 0.29) is 17.8 Å². The van der Waals surface area contributed by atoms with Crippen molar-refractivity contribution in [1.29, 1.82) is 0 Å². The first kappa shape index (κ1) is 17.7. The van der Waals surface area contributed by atoms with Crippen molar-refractivity contribution >= 4 is 46.4 Å². The fourth-order valence-electron chi connectivity index (χ4n) is 1.51. The summed E-state index contributed by atoms with van der Waals surface area (Å²) in [6.45, 7) is 0.570. The number of aryl methyl sites for hydroxylation is 1. The molecule has 0 aliphatic carbocycles. The maximum absolute atomic E-state index is 11.5. The molecule has 1 N–H and O–H groups in total. The van der Waals surface area contributed by atoms with Gasteiger partial charge in [0, 0.05) is 25.2 Å². The highest BCUT2D eigenvalue weighted by Crippen LogP contribution is 2.25. The molecule has 0 bridgehead atoms. The molecule has 1 aromatic heterocycles. The van der Waals surface area contributed by atoms with Gasteiger partial charge in [0.15, 0.2) is 0 Å². The molecule has 1 heterocycles. The van der Waals surface area contributed by atoms with Crippen LogP contribution < -0.4 is 10.9 Å². The van der Waals surface area contributed by atoms with Crippen LogP contribution in [0.4, 0.5) is 5.69 Å². The molecule has 1 aromatic rings. The summed E-state index contributed by atoms with van der Waals surface area (Å²) in [7, 11) is 0. The first-order valence-electron chi connectivity index (χ1n) is 5.91. The first-order chi connectivity index (χ1) is 9.71. The van der Waals surface area contributed by atoms with Crippen molar-refractivity contribution < 1.29 is 9.72 Å². The zero-order valence-corrected chi connectivity index (χ0v) is 13.0. The Labute approximate surface area is 134 Å². The predicted octanol–water partition coefficient (Wildman–Crippen LogP) is 2.02. The van der Waals surface area contributed by atoms with Crippen molar-refractivity contribution in [1.82, 2.24) is 9.88 Å². The molecule has 0 saturated carbocycles.